The number of benzene rings is 1. The molecule has 1 aromatic rings. The second-order valence-corrected chi connectivity index (χ2v) is 4.32. The fourth-order valence-electron chi connectivity index (χ4n) is 1.21. The molecule has 0 amide bonds. The number of nitrogen functional groups attached to an aromatic ring is 1. The van der Waals surface area contributed by atoms with Crippen molar-refractivity contribution in [1.82, 2.24) is 0 Å². The number of hydrogen-bond donors (Lipinski definition) is 2. The van der Waals surface area contributed by atoms with Crippen LogP contribution >= 0.6 is 0 Å². The van der Waals surface area contributed by atoms with E-state index in [1.807, 2.05) is 32.0 Å². The van der Waals surface area contributed by atoms with Gasteiger partial charge in [0.2, 0.25) is 0 Å². The van der Waals surface area contributed by atoms with E-state index in [2.05, 4.69) is 20.8 Å². The van der Waals surface area contributed by atoms with Crippen molar-refractivity contribution in [3.8, 4) is 0 Å². The Morgan fingerprint density at radius 2 is 1.73 bits per heavy atom. The van der Waals surface area contributed by atoms with Crippen LogP contribution in [0, 0.1) is 0 Å². The zero-order chi connectivity index (χ0) is 12.1. The summed E-state index contributed by atoms with van der Waals surface area (Å²) in [5.74, 6) is 0. The topological polar surface area (TPSA) is 46.2 Å². The van der Waals surface area contributed by atoms with Crippen molar-refractivity contribution in [3.63, 3.8) is 0 Å². The maximum absolute atomic E-state index is 8.93. The van der Waals surface area contributed by atoms with Gasteiger partial charge in [0.15, 0.2) is 0 Å². The average Bonchev–Trinajstić information content (AvgIpc) is 2.19. The van der Waals surface area contributed by atoms with Crippen molar-refractivity contribution < 1.29 is 5.11 Å². The van der Waals surface area contributed by atoms with Crippen LogP contribution in [-0.2, 0) is 12.0 Å². The molecule has 0 saturated carbocycles. The third-order valence-corrected chi connectivity index (χ3v) is 2.18. The summed E-state index contributed by atoms with van der Waals surface area (Å²) in [6.45, 7) is 10.4. The first kappa shape index (κ1) is 14.0. The zero-order valence-corrected chi connectivity index (χ0v) is 10.5. The molecule has 0 aliphatic carbocycles. The Kier molecular flexibility index (Phi) is 5.37. The number of anilines is 1. The molecule has 0 unspecified atom stereocenters. The molecule has 0 saturated heterocycles. The van der Waals surface area contributed by atoms with Crippen LogP contribution in [0.5, 0.6) is 0 Å². The number of rotatable bonds is 1. The molecular formula is C13H23NO. The fraction of sp³-hybridized carbons (Fsp3) is 0.538. The molecule has 0 aliphatic heterocycles. The summed E-state index contributed by atoms with van der Waals surface area (Å²) in [5.41, 5.74) is 8.55. The lowest BCUT2D eigenvalue weighted by molar-refractivity contribution is 0.282. The zero-order valence-electron chi connectivity index (χ0n) is 10.5. The second-order valence-electron chi connectivity index (χ2n) is 4.32. The standard InChI is InChI=1S/C11H17NO.C2H6/c1-11(2,3)9-5-4-8(7-13)10(12)6-9;1-2/h4-6,13H,7,12H2,1-3H3;1-2H3. The molecule has 15 heavy (non-hydrogen) atoms. The number of aliphatic hydroxyl groups is 1. The van der Waals surface area contributed by atoms with Crippen LogP contribution in [0.1, 0.15) is 45.7 Å². The van der Waals surface area contributed by atoms with Gasteiger partial charge >= 0.3 is 0 Å². The third-order valence-electron chi connectivity index (χ3n) is 2.18. The lowest BCUT2D eigenvalue weighted by Crippen LogP contribution is -2.11. The SMILES string of the molecule is CC.CC(C)(C)c1ccc(CO)c(N)c1. The summed E-state index contributed by atoms with van der Waals surface area (Å²) >= 11 is 0. The van der Waals surface area contributed by atoms with Gasteiger partial charge in [-0.3, -0.25) is 0 Å². The first-order valence-corrected chi connectivity index (χ1v) is 5.45. The van der Waals surface area contributed by atoms with E-state index in [-0.39, 0.29) is 12.0 Å². The Morgan fingerprint density at radius 1 is 1.20 bits per heavy atom. The Morgan fingerprint density at radius 3 is 2.07 bits per heavy atom. The van der Waals surface area contributed by atoms with Crippen LogP contribution in [0.4, 0.5) is 5.69 Å². The molecule has 0 bridgehead atoms. The third kappa shape index (κ3) is 3.92. The lowest BCUT2D eigenvalue weighted by Gasteiger charge is -2.20. The van der Waals surface area contributed by atoms with Gasteiger partial charge in [-0.15, -0.1) is 0 Å². The largest absolute Gasteiger partial charge is 0.398 e. The highest BCUT2D eigenvalue weighted by molar-refractivity contribution is 5.50. The van der Waals surface area contributed by atoms with Crippen LogP contribution in [0.2, 0.25) is 0 Å². The van der Waals surface area contributed by atoms with Gasteiger partial charge in [0.25, 0.3) is 0 Å². The Labute approximate surface area is 93.1 Å². The maximum Gasteiger partial charge on any atom is 0.0701 e. The second kappa shape index (κ2) is 5.76. The van der Waals surface area contributed by atoms with Crippen molar-refractivity contribution in [2.45, 2.75) is 46.6 Å². The molecule has 86 valence electrons. The van der Waals surface area contributed by atoms with Gasteiger partial charge in [-0.1, -0.05) is 46.8 Å². The van der Waals surface area contributed by atoms with Crippen molar-refractivity contribution in [1.29, 1.82) is 0 Å². The average molecular weight is 209 g/mol. The minimum atomic E-state index is 0.0102. The summed E-state index contributed by atoms with van der Waals surface area (Å²) in [7, 11) is 0. The number of aliphatic hydroxyl groups excluding tert-OH is 1. The van der Waals surface area contributed by atoms with Crippen LogP contribution in [0.15, 0.2) is 18.2 Å². The minimum absolute atomic E-state index is 0.0102. The van der Waals surface area contributed by atoms with Crippen LogP contribution in [0.25, 0.3) is 0 Å². The van der Waals surface area contributed by atoms with Crippen LogP contribution in [-0.4, -0.2) is 5.11 Å². The lowest BCUT2D eigenvalue weighted by atomic mass is 9.86. The number of hydrogen-bond acceptors (Lipinski definition) is 2. The summed E-state index contributed by atoms with van der Waals surface area (Å²) in [6.07, 6.45) is 0. The molecular weight excluding hydrogens is 186 g/mol. The van der Waals surface area contributed by atoms with Gasteiger partial charge in [-0.25, -0.2) is 0 Å². The summed E-state index contributed by atoms with van der Waals surface area (Å²) < 4.78 is 0. The predicted molar refractivity (Wildman–Crippen MR) is 66.8 cm³/mol. The van der Waals surface area contributed by atoms with Gasteiger partial charge in [0.1, 0.15) is 0 Å². The monoisotopic (exact) mass is 209 g/mol. The summed E-state index contributed by atoms with van der Waals surface area (Å²) in [5, 5.41) is 8.93. The minimum Gasteiger partial charge on any atom is -0.398 e. The van der Waals surface area contributed by atoms with E-state index in [0.717, 1.165) is 5.56 Å². The van der Waals surface area contributed by atoms with Gasteiger partial charge < -0.3 is 10.8 Å². The summed E-state index contributed by atoms with van der Waals surface area (Å²) in [6, 6.07) is 5.84. The Hall–Kier alpha value is -1.02. The van der Waals surface area contributed by atoms with E-state index < -0.39 is 0 Å². The van der Waals surface area contributed by atoms with Gasteiger partial charge in [0, 0.05) is 11.3 Å². The van der Waals surface area contributed by atoms with Gasteiger partial charge in [-0.05, 0) is 17.0 Å². The van der Waals surface area contributed by atoms with E-state index in [4.69, 9.17) is 10.8 Å². The van der Waals surface area contributed by atoms with Crippen molar-refractivity contribution in [2.24, 2.45) is 0 Å². The Balaban J connectivity index is 0.000000921. The van der Waals surface area contributed by atoms with Gasteiger partial charge in [-0.2, -0.15) is 0 Å². The van der Waals surface area contributed by atoms with E-state index in [0.29, 0.717) is 5.69 Å². The molecule has 0 fully saturated rings. The first-order chi connectivity index (χ1) is 6.95. The van der Waals surface area contributed by atoms with Crippen molar-refractivity contribution in [3.05, 3.63) is 29.3 Å². The van der Waals surface area contributed by atoms with E-state index in [9.17, 15) is 0 Å². The highest BCUT2D eigenvalue weighted by Gasteiger charge is 2.14. The Bertz CT molecular complexity index is 300. The smallest absolute Gasteiger partial charge is 0.0701 e. The highest BCUT2D eigenvalue weighted by Crippen LogP contribution is 2.25. The highest BCUT2D eigenvalue weighted by atomic mass is 16.3. The number of nitrogens with two attached hydrogens (primary N) is 1. The molecule has 0 heterocycles. The summed E-state index contributed by atoms with van der Waals surface area (Å²) in [4.78, 5) is 0. The molecule has 3 N–H and O–H groups in total. The van der Waals surface area contributed by atoms with Gasteiger partial charge in [0.05, 0.1) is 6.61 Å². The first-order valence-electron chi connectivity index (χ1n) is 5.45. The predicted octanol–water partition coefficient (Wildman–Crippen LogP) is 3.08. The molecule has 2 nitrogen and oxygen atoms in total. The molecule has 0 spiro atoms. The molecule has 0 aromatic heterocycles. The van der Waals surface area contributed by atoms with Crippen molar-refractivity contribution in [2.75, 3.05) is 5.73 Å². The molecule has 0 radical (unpaired) electrons. The van der Waals surface area contributed by atoms with Crippen molar-refractivity contribution >= 4 is 5.69 Å². The molecule has 0 aliphatic rings. The van der Waals surface area contributed by atoms with E-state index in [1.54, 1.807) is 0 Å². The van der Waals surface area contributed by atoms with E-state index in [1.165, 1.54) is 5.56 Å². The van der Waals surface area contributed by atoms with Crippen LogP contribution < -0.4 is 5.73 Å². The molecule has 0 atom stereocenters. The van der Waals surface area contributed by atoms with E-state index >= 15 is 0 Å². The maximum atomic E-state index is 8.93. The fourth-order valence-corrected chi connectivity index (χ4v) is 1.21. The molecule has 2 heteroatoms. The molecule has 1 rings (SSSR count). The quantitative estimate of drug-likeness (QED) is 0.698. The normalized spacial score (nSPS) is 10.5. The molecule has 1 aromatic carbocycles. The van der Waals surface area contributed by atoms with Crippen LogP contribution in [0.3, 0.4) is 0 Å².